The van der Waals surface area contributed by atoms with Crippen LogP contribution in [0.3, 0.4) is 0 Å². The molecule has 0 N–H and O–H groups in total. The van der Waals surface area contributed by atoms with Crippen molar-refractivity contribution in [1.29, 1.82) is 0 Å². The number of methoxy groups -OCH3 is 1. The summed E-state index contributed by atoms with van der Waals surface area (Å²) < 4.78 is 10.6. The zero-order chi connectivity index (χ0) is 8.81. The Morgan fingerprint density at radius 3 is 2.33 bits per heavy atom. The molecule has 1 aliphatic carbocycles. The topological polar surface area (TPSA) is 18.5 Å². The fourth-order valence-corrected chi connectivity index (χ4v) is 1.69. The van der Waals surface area contributed by atoms with Crippen LogP contribution in [-0.4, -0.2) is 26.4 Å². The zero-order valence-electron chi connectivity index (χ0n) is 8.21. The Balaban J connectivity index is 2.01. The summed E-state index contributed by atoms with van der Waals surface area (Å²) in [6.07, 6.45) is 5.65. The molecule has 0 unspecified atom stereocenters. The molecule has 0 aromatic heterocycles. The van der Waals surface area contributed by atoms with Crippen LogP contribution in [0.1, 0.15) is 32.6 Å². The minimum atomic E-state index is 0.511. The first-order valence-corrected chi connectivity index (χ1v) is 4.93. The number of rotatable bonds is 4. The summed E-state index contributed by atoms with van der Waals surface area (Å²) >= 11 is 0. The van der Waals surface area contributed by atoms with Crippen molar-refractivity contribution in [2.24, 2.45) is 5.92 Å². The molecule has 0 radical (unpaired) electrons. The second kappa shape index (κ2) is 5.55. The Labute approximate surface area is 75.2 Å². The maximum atomic E-state index is 5.65. The molecule has 0 heterocycles. The average molecular weight is 172 g/mol. The van der Waals surface area contributed by atoms with E-state index in [2.05, 4.69) is 6.92 Å². The Morgan fingerprint density at radius 2 is 1.75 bits per heavy atom. The van der Waals surface area contributed by atoms with Crippen LogP contribution in [0.25, 0.3) is 0 Å². The van der Waals surface area contributed by atoms with E-state index in [0.29, 0.717) is 6.10 Å². The predicted molar refractivity (Wildman–Crippen MR) is 49.2 cm³/mol. The fraction of sp³-hybridized carbons (Fsp3) is 1.00. The van der Waals surface area contributed by atoms with Crippen molar-refractivity contribution in [2.45, 2.75) is 38.7 Å². The lowest BCUT2D eigenvalue weighted by atomic mass is 9.89. The van der Waals surface area contributed by atoms with E-state index in [9.17, 15) is 0 Å². The third-order valence-electron chi connectivity index (χ3n) is 2.60. The summed E-state index contributed by atoms with van der Waals surface area (Å²) in [7, 11) is 1.71. The van der Waals surface area contributed by atoms with Crippen molar-refractivity contribution in [3.63, 3.8) is 0 Å². The number of hydrogen-bond acceptors (Lipinski definition) is 2. The molecule has 72 valence electrons. The van der Waals surface area contributed by atoms with Crippen LogP contribution in [0.4, 0.5) is 0 Å². The van der Waals surface area contributed by atoms with Crippen LogP contribution in [0, 0.1) is 5.92 Å². The van der Waals surface area contributed by atoms with E-state index in [1.165, 1.54) is 25.7 Å². The zero-order valence-corrected chi connectivity index (χ0v) is 8.21. The van der Waals surface area contributed by atoms with Gasteiger partial charge in [-0.25, -0.2) is 0 Å². The molecule has 2 heteroatoms. The molecule has 0 atom stereocenters. The van der Waals surface area contributed by atoms with Gasteiger partial charge in [0.2, 0.25) is 0 Å². The van der Waals surface area contributed by atoms with Gasteiger partial charge in [-0.05, 0) is 31.6 Å². The van der Waals surface area contributed by atoms with E-state index in [-0.39, 0.29) is 0 Å². The molecule has 0 spiro atoms. The van der Waals surface area contributed by atoms with Crippen LogP contribution in [-0.2, 0) is 9.47 Å². The highest BCUT2D eigenvalue weighted by molar-refractivity contribution is 4.69. The van der Waals surface area contributed by atoms with Crippen molar-refractivity contribution in [3.05, 3.63) is 0 Å². The first-order valence-electron chi connectivity index (χ1n) is 4.93. The van der Waals surface area contributed by atoms with Crippen molar-refractivity contribution in [3.8, 4) is 0 Å². The molecule has 0 bridgehead atoms. The average Bonchev–Trinajstić information content (AvgIpc) is 2.09. The van der Waals surface area contributed by atoms with Gasteiger partial charge >= 0.3 is 0 Å². The molecule has 0 aromatic rings. The molecular formula is C10H20O2. The maximum absolute atomic E-state index is 5.65. The molecule has 2 nitrogen and oxygen atoms in total. The number of ether oxygens (including phenoxy) is 2. The van der Waals surface area contributed by atoms with Gasteiger partial charge in [-0.15, -0.1) is 0 Å². The van der Waals surface area contributed by atoms with Crippen LogP contribution in [0.15, 0.2) is 0 Å². The largest absolute Gasteiger partial charge is 0.382 e. The van der Waals surface area contributed by atoms with Gasteiger partial charge in [-0.2, -0.15) is 0 Å². The Bertz CT molecular complexity index is 106. The van der Waals surface area contributed by atoms with E-state index in [1.807, 2.05) is 0 Å². The number of hydrogen-bond donors (Lipinski definition) is 0. The lowest BCUT2D eigenvalue weighted by molar-refractivity contribution is -0.00623. The molecule has 1 saturated carbocycles. The lowest BCUT2D eigenvalue weighted by Gasteiger charge is -2.26. The monoisotopic (exact) mass is 172 g/mol. The third kappa shape index (κ3) is 3.55. The van der Waals surface area contributed by atoms with Crippen LogP contribution >= 0.6 is 0 Å². The molecule has 0 aliphatic heterocycles. The molecule has 1 rings (SSSR count). The van der Waals surface area contributed by atoms with E-state index < -0.39 is 0 Å². The Hall–Kier alpha value is -0.0800. The van der Waals surface area contributed by atoms with Crippen LogP contribution < -0.4 is 0 Å². The second-order valence-corrected chi connectivity index (χ2v) is 3.75. The SMILES string of the molecule is COCCO[C@H]1CC[C@H](C)CC1. The summed E-state index contributed by atoms with van der Waals surface area (Å²) in [5.41, 5.74) is 0. The standard InChI is InChI=1S/C10H20O2/c1-9-3-5-10(6-4-9)12-8-7-11-2/h9-10H,3-8H2,1-2H3/t9-,10-. The van der Waals surface area contributed by atoms with Gasteiger partial charge in [0, 0.05) is 7.11 Å². The van der Waals surface area contributed by atoms with Gasteiger partial charge in [0.05, 0.1) is 19.3 Å². The van der Waals surface area contributed by atoms with Crippen LogP contribution in [0.2, 0.25) is 0 Å². The summed E-state index contributed by atoms with van der Waals surface area (Å²) in [5, 5.41) is 0. The van der Waals surface area contributed by atoms with E-state index in [4.69, 9.17) is 9.47 Å². The van der Waals surface area contributed by atoms with Crippen molar-refractivity contribution in [1.82, 2.24) is 0 Å². The quantitative estimate of drug-likeness (QED) is 0.605. The molecule has 0 amide bonds. The van der Waals surface area contributed by atoms with Gasteiger partial charge in [0.1, 0.15) is 0 Å². The Morgan fingerprint density at radius 1 is 1.08 bits per heavy atom. The summed E-state index contributed by atoms with van der Waals surface area (Å²) in [6.45, 7) is 3.81. The second-order valence-electron chi connectivity index (χ2n) is 3.75. The van der Waals surface area contributed by atoms with E-state index >= 15 is 0 Å². The van der Waals surface area contributed by atoms with Gasteiger partial charge < -0.3 is 9.47 Å². The molecule has 12 heavy (non-hydrogen) atoms. The van der Waals surface area contributed by atoms with Gasteiger partial charge in [0.15, 0.2) is 0 Å². The molecular weight excluding hydrogens is 152 g/mol. The summed E-state index contributed by atoms with van der Waals surface area (Å²) in [6, 6.07) is 0. The molecule has 0 aromatic carbocycles. The smallest absolute Gasteiger partial charge is 0.0704 e. The van der Waals surface area contributed by atoms with E-state index in [1.54, 1.807) is 7.11 Å². The van der Waals surface area contributed by atoms with Crippen molar-refractivity contribution in [2.75, 3.05) is 20.3 Å². The van der Waals surface area contributed by atoms with Gasteiger partial charge in [0.25, 0.3) is 0 Å². The lowest BCUT2D eigenvalue weighted by Crippen LogP contribution is -2.21. The van der Waals surface area contributed by atoms with Crippen molar-refractivity contribution < 1.29 is 9.47 Å². The molecule has 1 fully saturated rings. The first kappa shape index (κ1) is 10.0. The normalized spacial score (nSPS) is 30.5. The fourth-order valence-electron chi connectivity index (χ4n) is 1.69. The highest BCUT2D eigenvalue weighted by Gasteiger charge is 2.17. The molecule has 1 aliphatic rings. The third-order valence-corrected chi connectivity index (χ3v) is 2.60. The van der Waals surface area contributed by atoms with Crippen LogP contribution in [0.5, 0.6) is 0 Å². The first-order chi connectivity index (χ1) is 5.83. The summed E-state index contributed by atoms with van der Waals surface area (Å²) in [5.74, 6) is 0.910. The maximum Gasteiger partial charge on any atom is 0.0704 e. The minimum absolute atomic E-state index is 0.511. The van der Waals surface area contributed by atoms with Gasteiger partial charge in [-0.3, -0.25) is 0 Å². The van der Waals surface area contributed by atoms with E-state index in [0.717, 1.165) is 19.1 Å². The highest BCUT2D eigenvalue weighted by atomic mass is 16.5. The van der Waals surface area contributed by atoms with Gasteiger partial charge in [-0.1, -0.05) is 6.92 Å². The predicted octanol–water partition coefficient (Wildman–Crippen LogP) is 2.23. The minimum Gasteiger partial charge on any atom is -0.382 e. The Kier molecular flexibility index (Phi) is 4.62. The van der Waals surface area contributed by atoms with Crippen molar-refractivity contribution >= 4 is 0 Å². The summed E-state index contributed by atoms with van der Waals surface area (Å²) in [4.78, 5) is 0. The highest BCUT2D eigenvalue weighted by Crippen LogP contribution is 2.25. The molecule has 0 saturated heterocycles.